The number of hydrogen-bond donors (Lipinski definition) is 1. The van der Waals surface area contributed by atoms with Crippen LogP contribution in [-0.4, -0.2) is 47.2 Å². The van der Waals surface area contributed by atoms with Crippen LogP contribution in [0.5, 0.6) is 0 Å². The number of piperazine rings is 1. The van der Waals surface area contributed by atoms with Gasteiger partial charge in [0.1, 0.15) is 11.3 Å². The fourth-order valence-corrected chi connectivity index (χ4v) is 4.34. The molecule has 0 unspecified atom stereocenters. The highest BCUT2D eigenvalue weighted by Gasteiger charge is 2.27. The van der Waals surface area contributed by atoms with E-state index >= 15 is 0 Å². The number of fused-ring (bicyclic) bond motifs is 1. The van der Waals surface area contributed by atoms with Crippen molar-refractivity contribution in [1.82, 2.24) is 9.80 Å². The molecule has 1 N–H and O–H groups in total. The molecule has 0 radical (unpaired) electrons. The summed E-state index contributed by atoms with van der Waals surface area (Å²) < 4.78 is 5.97. The maximum Gasteiger partial charge on any atom is 0.134 e. The van der Waals surface area contributed by atoms with Gasteiger partial charge < -0.3 is 9.52 Å². The molecule has 3 aromatic rings. The second kappa shape index (κ2) is 7.70. The number of thiophene rings is 1. The Morgan fingerprint density at radius 1 is 1.16 bits per heavy atom. The second-order valence-electron chi connectivity index (χ2n) is 6.75. The first-order chi connectivity index (χ1) is 12.3. The van der Waals surface area contributed by atoms with Gasteiger partial charge in [0.2, 0.25) is 0 Å². The fourth-order valence-electron chi connectivity index (χ4n) is 3.68. The first kappa shape index (κ1) is 16.8. The van der Waals surface area contributed by atoms with Crippen molar-refractivity contribution >= 4 is 22.3 Å². The van der Waals surface area contributed by atoms with Gasteiger partial charge in [0.05, 0.1) is 6.54 Å². The zero-order chi connectivity index (χ0) is 17.1. The minimum Gasteiger partial charge on any atom is -0.460 e. The largest absolute Gasteiger partial charge is 0.460 e. The molecule has 1 saturated heterocycles. The highest BCUT2D eigenvalue weighted by molar-refractivity contribution is 7.07. The van der Waals surface area contributed by atoms with Gasteiger partial charge in [0.25, 0.3) is 0 Å². The molecule has 4 nitrogen and oxygen atoms in total. The summed E-state index contributed by atoms with van der Waals surface area (Å²) in [6, 6.07) is 12.9. The van der Waals surface area contributed by atoms with Crippen LogP contribution in [-0.2, 0) is 13.1 Å². The van der Waals surface area contributed by atoms with Gasteiger partial charge in [-0.05, 0) is 40.9 Å². The number of aliphatic hydroxyl groups is 1. The van der Waals surface area contributed by atoms with Crippen LogP contribution in [0.4, 0.5) is 0 Å². The van der Waals surface area contributed by atoms with Gasteiger partial charge in [-0.15, -0.1) is 0 Å². The average molecular weight is 356 g/mol. The zero-order valence-electron chi connectivity index (χ0n) is 14.3. The molecule has 2 aromatic heterocycles. The van der Waals surface area contributed by atoms with Gasteiger partial charge in [-0.25, -0.2) is 0 Å². The van der Waals surface area contributed by atoms with Crippen molar-refractivity contribution in [1.29, 1.82) is 0 Å². The minimum atomic E-state index is 0.239. The van der Waals surface area contributed by atoms with Crippen molar-refractivity contribution in [3.8, 4) is 0 Å². The Balaban J connectivity index is 1.42. The first-order valence-corrected chi connectivity index (χ1v) is 9.82. The van der Waals surface area contributed by atoms with Crippen molar-refractivity contribution in [3.05, 3.63) is 58.5 Å². The summed E-state index contributed by atoms with van der Waals surface area (Å²) in [4.78, 5) is 4.95. The Labute approximate surface area is 152 Å². The Morgan fingerprint density at radius 2 is 2.08 bits per heavy atom. The molecule has 1 aromatic carbocycles. The molecule has 1 aliphatic heterocycles. The molecule has 1 aliphatic rings. The van der Waals surface area contributed by atoms with E-state index in [-0.39, 0.29) is 6.61 Å². The summed E-state index contributed by atoms with van der Waals surface area (Å²) in [5.41, 5.74) is 2.33. The molecule has 25 heavy (non-hydrogen) atoms. The third-order valence-electron chi connectivity index (χ3n) is 4.97. The van der Waals surface area contributed by atoms with Crippen LogP contribution in [0.1, 0.15) is 17.7 Å². The third-order valence-corrected chi connectivity index (χ3v) is 5.70. The maximum atomic E-state index is 9.47. The summed E-state index contributed by atoms with van der Waals surface area (Å²) >= 11 is 1.75. The number of para-hydroxylation sites is 1. The van der Waals surface area contributed by atoms with Crippen LogP contribution < -0.4 is 0 Å². The lowest BCUT2D eigenvalue weighted by Gasteiger charge is -2.41. The van der Waals surface area contributed by atoms with E-state index in [0.717, 1.165) is 50.5 Å². The van der Waals surface area contributed by atoms with Crippen molar-refractivity contribution in [2.75, 3.05) is 26.2 Å². The Hall–Kier alpha value is -1.66. The van der Waals surface area contributed by atoms with Crippen molar-refractivity contribution in [3.63, 3.8) is 0 Å². The van der Waals surface area contributed by atoms with Gasteiger partial charge in [-0.2, -0.15) is 11.3 Å². The van der Waals surface area contributed by atoms with E-state index in [1.807, 2.05) is 18.2 Å². The van der Waals surface area contributed by atoms with E-state index in [2.05, 4.69) is 38.8 Å². The van der Waals surface area contributed by atoms with Gasteiger partial charge in [0, 0.05) is 44.2 Å². The molecular weight excluding hydrogens is 332 g/mol. The first-order valence-electron chi connectivity index (χ1n) is 8.87. The number of nitrogens with zero attached hydrogens (tertiary/aromatic N) is 2. The van der Waals surface area contributed by atoms with E-state index in [0.29, 0.717) is 6.04 Å². The Bertz CT molecular complexity index is 766. The highest BCUT2D eigenvalue weighted by Crippen LogP contribution is 2.23. The molecule has 0 bridgehead atoms. The molecule has 5 heteroatoms. The zero-order valence-corrected chi connectivity index (χ0v) is 15.1. The highest BCUT2D eigenvalue weighted by atomic mass is 32.1. The van der Waals surface area contributed by atoms with Gasteiger partial charge in [0.15, 0.2) is 0 Å². The molecule has 0 amide bonds. The summed E-state index contributed by atoms with van der Waals surface area (Å²) in [7, 11) is 0. The number of aliphatic hydroxyl groups excluding tert-OH is 1. The smallest absolute Gasteiger partial charge is 0.134 e. The van der Waals surface area contributed by atoms with Crippen molar-refractivity contribution in [2.45, 2.75) is 25.6 Å². The van der Waals surface area contributed by atoms with Crippen molar-refractivity contribution < 1.29 is 9.52 Å². The lowest BCUT2D eigenvalue weighted by Crippen LogP contribution is -2.52. The summed E-state index contributed by atoms with van der Waals surface area (Å²) in [6.45, 7) is 5.09. The molecule has 4 rings (SSSR count). The second-order valence-corrected chi connectivity index (χ2v) is 7.53. The van der Waals surface area contributed by atoms with E-state index in [1.165, 1.54) is 10.9 Å². The SMILES string of the molecule is OCC[C@H]1CN(Cc2cc3ccccc3o2)CCN1Cc1ccsc1. The van der Waals surface area contributed by atoms with Crippen molar-refractivity contribution in [2.24, 2.45) is 0 Å². The fraction of sp³-hybridized carbons (Fsp3) is 0.400. The number of rotatable bonds is 6. The molecule has 132 valence electrons. The quantitative estimate of drug-likeness (QED) is 0.733. The van der Waals surface area contributed by atoms with E-state index < -0.39 is 0 Å². The molecule has 3 heterocycles. The van der Waals surface area contributed by atoms with E-state index in [9.17, 15) is 5.11 Å². The van der Waals surface area contributed by atoms with Gasteiger partial charge in [-0.3, -0.25) is 9.80 Å². The van der Waals surface area contributed by atoms with Crippen LogP contribution >= 0.6 is 11.3 Å². The van der Waals surface area contributed by atoms with Crippen LogP contribution in [0.25, 0.3) is 11.0 Å². The maximum absolute atomic E-state index is 9.47. The Morgan fingerprint density at radius 3 is 2.88 bits per heavy atom. The molecular formula is C20H24N2O2S. The normalized spacial score (nSPS) is 19.6. The molecule has 0 saturated carbocycles. The predicted molar refractivity (Wildman–Crippen MR) is 102 cm³/mol. The van der Waals surface area contributed by atoms with Gasteiger partial charge >= 0.3 is 0 Å². The number of furan rings is 1. The number of benzene rings is 1. The lowest BCUT2D eigenvalue weighted by atomic mass is 10.1. The molecule has 0 spiro atoms. The minimum absolute atomic E-state index is 0.239. The van der Waals surface area contributed by atoms with E-state index in [4.69, 9.17) is 4.42 Å². The molecule has 1 fully saturated rings. The third kappa shape index (κ3) is 3.96. The van der Waals surface area contributed by atoms with Crippen LogP contribution in [0, 0.1) is 0 Å². The molecule has 1 atom stereocenters. The molecule has 0 aliphatic carbocycles. The predicted octanol–water partition coefficient (Wildman–Crippen LogP) is 3.56. The topological polar surface area (TPSA) is 39.9 Å². The number of hydrogen-bond acceptors (Lipinski definition) is 5. The summed E-state index contributed by atoms with van der Waals surface area (Å²) in [6.07, 6.45) is 0.820. The standard InChI is InChI=1S/C20H24N2O2S/c23-9-5-18-13-21(7-8-22(18)12-16-6-10-25-15-16)14-19-11-17-3-1-2-4-20(17)24-19/h1-4,6,10-11,15,18,23H,5,7-9,12-14H2/t18-/m0/s1. The van der Waals surface area contributed by atoms with Gasteiger partial charge in [-0.1, -0.05) is 18.2 Å². The summed E-state index contributed by atoms with van der Waals surface area (Å²) in [5, 5.41) is 15.0. The monoisotopic (exact) mass is 356 g/mol. The Kier molecular flexibility index (Phi) is 5.17. The van der Waals surface area contributed by atoms with E-state index in [1.54, 1.807) is 11.3 Å². The lowest BCUT2D eigenvalue weighted by molar-refractivity contribution is 0.0472. The van der Waals surface area contributed by atoms with Crippen LogP contribution in [0.2, 0.25) is 0 Å². The summed E-state index contributed by atoms with van der Waals surface area (Å²) in [5.74, 6) is 1.02. The van der Waals surface area contributed by atoms with Crippen LogP contribution in [0.15, 0.2) is 51.6 Å². The van der Waals surface area contributed by atoms with Crippen LogP contribution in [0.3, 0.4) is 0 Å². The average Bonchev–Trinajstić information content (AvgIpc) is 3.26.